The standard InChI is InChI=1S/C12H18.2C2H6/c1-5-9(2)12-7-6-10(3)11(4)8-12;2*1-2/h6-9H,5H2,1-4H3;2*1-2H3. The molecule has 0 saturated carbocycles. The van der Waals surface area contributed by atoms with Crippen molar-refractivity contribution < 1.29 is 0 Å². The number of aryl methyl sites for hydroxylation is 2. The molecule has 0 amide bonds. The van der Waals surface area contributed by atoms with E-state index in [9.17, 15) is 0 Å². The van der Waals surface area contributed by atoms with Crippen LogP contribution in [0.4, 0.5) is 0 Å². The maximum absolute atomic E-state index is 2.31. The summed E-state index contributed by atoms with van der Waals surface area (Å²) >= 11 is 0. The van der Waals surface area contributed by atoms with Crippen LogP contribution in [0, 0.1) is 13.8 Å². The van der Waals surface area contributed by atoms with Crippen LogP contribution in [0.15, 0.2) is 18.2 Å². The zero-order chi connectivity index (χ0) is 13.1. The van der Waals surface area contributed by atoms with Gasteiger partial charge in [-0.3, -0.25) is 0 Å². The van der Waals surface area contributed by atoms with Crippen LogP contribution < -0.4 is 0 Å². The fourth-order valence-corrected chi connectivity index (χ4v) is 1.31. The summed E-state index contributed by atoms with van der Waals surface area (Å²) in [6.07, 6.45) is 1.22. The van der Waals surface area contributed by atoms with Crippen molar-refractivity contribution >= 4 is 0 Å². The lowest BCUT2D eigenvalue weighted by Gasteiger charge is -2.10. The van der Waals surface area contributed by atoms with Crippen molar-refractivity contribution in [3.63, 3.8) is 0 Å². The van der Waals surface area contributed by atoms with Gasteiger partial charge >= 0.3 is 0 Å². The monoisotopic (exact) mass is 222 g/mol. The molecule has 0 radical (unpaired) electrons. The Labute approximate surface area is 103 Å². The van der Waals surface area contributed by atoms with E-state index in [4.69, 9.17) is 0 Å². The number of hydrogen-bond donors (Lipinski definition) is 0. The van der Waals surface area contributed by atoms with Crippen molar-refractivity contribution in [2.24, 2.45) is 0 Å². The Balaban J connectivity index is 0. The second-order valence-corrected chi connectivity index (χ2v) is 3.65. The molecule has 0 aliphatic heterocycles. The van der Waals surface area contributed by atoms with Gasteiger partial charge in [0.1, 0.15) is 0 Å². The Morgan fingerprint density at radius 3 is 1.81 bits per heavy atom. The quantitative estimate of drug-likeness (QED) is 0.587. The Bertz CT molecular complexity index is 261. The molecule has 0 heterocycles. The summed E-state index contributed by atoms with van der Waals surface area (Å²) < 4.78 is 0. The Morgan fingerprint density at radius 2 is 1.44 bits per heavy atom. The minimum Gasteiger partial charge on any atom is -0.0683 e. The molecule has 1 unspecified atom stereocenters. The summed E-state index contributed by atoms with van der Waals surface area (Å²) in [6.45, 7) is 16.9. The highest BCUT2D eigenvalue weighted by atomic mass is 14.1. The maximum atomic E-state index is 2.31. The largest absolute Gasteiger partial charge is 0.0683 e. The third-order valence-corrected chi connectivity index (χ3v) is 2.71. The van der Waals surface area contributed by atoms with Crippen LogP contribution in [0.2, 0.25) is 0 Å². The van der Waals surface area contributed by atoms with Crippen LogP contribution >= 0.6 is 0 Å². The predicted molar refractivity (Wildman–Crippen MR) is 77.3 cm³/mol. The van der Waals surface area contributed by atoms with E-state index in [1.807, 2.05) is 27.7 Å². The van der Waals surface area contributed by atoms with E-state index < -0.39 is 0 Å². The van der Waals surface area contributed by atoms with Crippen molar-refractivity contribution in [2.75, 3.05) is 0 Å². The van der Waals surface area contributed by atoms with Gasteiger partial charge in [-0.1, -0.05) is 59.7 Å². The highest BCUT2D eigenvalue weighted by Gasteiger charge is 2.02. The number of benzene rings is 1. The lowest BCUT2D eigenvalue weighted by Crippen LogP contribution is -1.92. The van der Waals surface area contributed by atoms with Gasteiger partial charge in [-0.2, -0.15) is 0 Å². The van der Waals surface area contributed by atoms with E-state index in [-0.39, 0.29) is 0 Å². The highest BCUT2D eigenvalue weighted by molar-refractivity contribution is 5.31. The average Bonchev–Trinajstić information content (AvgIpc) is 2.36. The molecule has 1 aromatic carbocycles. The number of rotatable bonds is 2. The molecule has 0 N–H and O–H groups in total. The second-order valence-electron chi connectivity index (χ2n) is 3.65. The topological polar surface area (TPSA) is 0 Å². The van der Waals surface area contributed by atoms with E-state index in [2.05, 4.69) is 45.9 Å². The first-order valence-corrected chi connectivity index (χ1v) is 6.72. The van der Waals surface area contributed by atoms with Crippen LogP contribution in [0.3, 0.4) is 0 Å². The molecular weight excluding hydrogens is 192 g/mol. The van der Waals surface area contributed by atoms with Gasteiger partial charge in [0.2, 0.25) is 0 Å². The van der Waals surface area contributed by atoms with Crippen molar-refractivity contribution in [3.8, 4) is 0 Å². The van der Waals surface area contributed by atoms with Crippen molar-refractivity contribution in [1.82, 2.24) is 0 Å². The average molecular weight is 222 g/mol. The molecule has 94 valence electrons. The predicted octanol–water partition coefficient (Wildman–Crippen LogP) is 5.87. The van der Waals surface area contributed by atoms with Gasteiger partial charge in [0, 0.05) is 0 Å². The van der Waals surface area contributed by atoms with Gasteiger partial charge in [-0.25, -0.2) is 0 Å². The molecule has 0 aromatic heterocycles. The minimum atomic E-state index is 0.698. The fourth-order valence-electron chi connectivity index (χ4n) is 1.31. The summed E-state index contributed by atoms with van der Waals surface area (Å²) in [5.74, 6) is 0.698. The molecule has 0 aliphatic carbocycles. The third-order valence-electron chi connectivity index (χ3n) is 2.71. The molecule has 0 spiro atoms. The lowest BCUT2D eigenvalue weighted by atomic mass is 9.95. The van der Waals surface area contributed by atoms with E-state index in [1.54, 1.807) is 0 Å². The van der Waals surface area contributed by atoms with Gasteiger partial charge in [-0.05, 0) is 42.9 Å². The molecule has 0 heteroatoms. The number of hydrogen-bond acceptors (Lipinski definition) is 0. The van der Waals surface area contributed by atoms with Gasteiger partial charge in [0.15, 0.2) is 0 Å². The third kappa shape index (κ3) is 5.95. The summed E-state index contributed by atoms with van der Waals surface area (Å²) in [4.78, 5) is 0. The maximum Gasteiger partial charge on any atom is -0.0193 e. The first-order valence-electron chi connectivity index (χ1n) is 6.72. The van der Waals surface area contributed by atoms with Crippen LogP contribution in [0.25, 0.3) is 0 Å². The summed E-state index contributed by atoms with van der Waals surface area (Å²) in [5, 5.41) is 0. The highest BCUT2D eigenvalue weighted by Crippen LogP contribution is 2.20. The lowest BCUT2D eigenvalue weighted by molar-refractivity contribution is 0.732. The molecule has 0 nitrogen and oxygen atoms in total. The molecule has 1 atom stereocenters. The minimum absolute atomic E-state index is 0.698. The molecule has 16 heavy (non-hydrogen) atoms. The second kappa shape index (κ2) is 10.7. The van der Waals surface area contributed by atoms with Crippen LogP contribution in [-0.2, 0) is 0 Å². The molecule has 0 saturated heterocycles. The smallest absolute Gasteiger partial charge is 0.0193 e. The van der Waals surface area contributed by atoms with E-state index >= 15 is 0 Å². The Hall–Kier alpha value is -0.780. The zero-order valence-electron chi connectivity index (χ0n) is 12.5. The Morgan fingerprint density at radius 1 is 0.938 bits per heavy atom. The van der Waals surface area contributed by atoms with Crippen LogP contribution in [0.5, 0.6) is 0 Å². The van der Waals surface area contributed by atoms with E-state index in [1.165, 1.54) is 23.1 Å². The van der Waals surface area contributed by atoms with Gasteiger partial charge in [0.05, 0.1) is 0 Å². The molecule has 1 aromatic rings. The van der Waals surface area contributed by atoms with E-state index in [0.29, 0.717) is 5.92 Å². The molecular formula is C16H30. The fraction of sp³-hybridized carbons (Fsp3) is 0.625. The normalized spacial score (nSPS) is 10.5. The summed E-state index contributed by atoms with van der Waals surface area (Å²) in [7, 11) is 0. The molecule has 0 bridgehead atoms. The summed E-state index contributed by atoms with van der Waals surface area (Å²) in [6, 6.07) is 6.77. The van der Waals surface area contributed by atoms with Gasteiger partial charge < -0.3 is 0 Å². The molecule has 1 rings (SSSR count). The molecule has 0 fully saturated rings. The first-order chi connectivity index (χ1) is 7.65. The SMILES string of the molecule is CC.CC.CCC(C)c1ccc(C)c(C)c1. The van der Waals surface area contributed by atoms with Crippen molar-refractivity contribution in [3.05, 3.63) is 34.9 Å². The van der Waals surface area contributed by atoms with E-state index in [0.717, 1.165) is 0 Å². The molecule has 0 aliphatic rings. The Kier molecular flexibility index (Phi) is 11.8. The summed E-state index contributed by atoms with van der Waals surface area (Å²) in [5.41, 5.74) is 4.27. The first kappa shape index (κ1) is 17.6. The van der Waals surface area contributed by atoms with Gasteiger partial charge in [0.25, 0.3) is 0 Å². The van der Waals surface area contributed by atoms with Crippen molar-refractivity contribution in [2.45, 2.75) is 67.7 Å². The van der Waals surface area contributed by atoms with Crippen molar-refractivity contribution in [1.29, 1.82) is 0 Å². The van der Waals surface area contributed by atoms with Crippen LogP contribution in [0.1, 0.15) is 70.6 Å². The van der Waals surface area contributed by atoms with Crippen LogP contribution in [-0.4, -0.2) is 0 Å². The zero-order valence-corrected chi connectivity index (χ0v) is 12.5. The van der Waals surface area contributed by atoms with Gasteiger partial charge in [-0.15, -0.1) is 0 Å².